The van der Waals surface area contributed by atoms with Crippen molar-refractivity contribution >= 4 is 29.0 Å². The van der Waals surface area contributed by atoms with Gasteiger partial charge in [-0.05, 0) is 12.5 Å². The highest BCUT2D eigenvalue weighted by Gasteiger charge is 2.44. The molecular weight excluding hydrogens is 338 g/mol. The standard InChI is InChI=1S/C17H23N5O4/c1-10(24)15(18)11-3-4-20-6-12(11)21-7-14(25)22-8-17(2,9-23)5-13(22)16(19)26/h3-4,6,13,18,21,23H,5,7-9H2,1-2H3,(H2,19,26)/t13?,17-/m0/s1. The van der Waals surface area contributed by atoms with Gasteiger partial charge >= 0.3 is 0 Å². The molecule has 9 heteroatoms. The van der Waals surface area contributed by atoms with Crippen molar-refractivity contribution in [2.24, 2.45) is 11.1 Å². The monoisotopic (exact) mass is 361 g/mol. The summed E-state index contributed by atoms with van der Waals surface area (Å²) in [6, 6.07) is 0.742. The number of likely N-dealkylation sites (tertiary alicyclic amines) is 1. The Morgan fingerprint density at radius 2 is 2.19 bits per heavy atom. The molecule has 5 N–H and O–H groups in total. The molecule has 2 rings (SSSR count). The summed E-state index contributed by atoms with van der Waals surface area (Å²) >= 11 is 0. The highest BCUT2D eigenvalue weighted by atomic mass is 16.3. The molecule has 1 aliphatic rings. The van der Waals surface area contributed by atoms with Crippen LogP contribution in [0, 0.1) is 10.8 Å². The number of pyridine rings is 1. The molecule has 1 aromatic rings. The van der Waals surface area contributed by atoms with Gasteiger partial charge in [-0.2, -0.15) is 0 Å². The van der Waals surface area contributed by atoms with E-state index in [9.17, 15) is 19.5 Å². The Hall–Kier alpha value is -2.81. The number of hydrogen-bond donors (Lipinski definition) is 4. The van der Waals surface area contributed by atoms with Crippen molar-refractivity contribution in [2.45, 2.75) is 26.3 Å². The largest absolute Gasteiger partial charge is 0.396 e. The minimum absolute atomic E-state index is 0.156. The van der Waals surface area contributed by atoms with E-state index < -0.39 is 23.1 Å². The van der Waals surface area contributed by atoms with Gasteiger partial charge in [0, 0.05) is 30.6 Å². The van der Waals surface area contributed by atoms with E-state index in [2.05, 4.69) is 10.3 Å². The quantitative estimate of drug-likeness (QED) is 0.483. The van der Waals surface area contributed by atoms with E-state index in [4.69, 9.17) is 11.1 Å². The Labute approximate surface area is 151 Å². The fraction of sp³-hybridized carbons (Fsp3) is 0.471. The zero-order valence-corrected chi connectivity index (χ0v) is 14.8. The molecule has 140 valence electrons. The van der Waals surface area contributed by atoms with Crippen LogP contribution < -0.4 is 11.1 Å². The lowest BCUT2D eigenvalue weighted by Gasteiger charge is -2.24. The number of aliphatic hydroxyl groups excluding tert-OH is 1. The molecule has 0 aliphatic carbocycles. The predicted molar refractivity (Wildman–Crippen MR) is 94.7 cm³/mol. The molecule has 9 nitrogen and oxygen atoms in total. The first-order valence-corrected chi connectivity index (χ1v) is 8.16. The Bertz CT molecular complexity index is 750. The minimum atomic E-state index is -0.773. The first-order chi connectivity index (χ1) is 12.2. The third kappa shape index (κ3) is 4.05. The number of rotatable bonds is 7. The van der Waals surface area contributed by atoms with Crippen molar-refractivity contribution in [1.29, 1.82) is 5.41 Å². The van der Waals surface area contributed by atoms with E-state index in [1.807, 2.05) is 0 Å². The van der Waals surface area contributed by atoms with Crippen LogP contribution in [0.15, 0.2) is 18.5 Å². The molecule has 2 atom stereocenters. The number of ketones is 1. The molecule has 2 heterocycles. The zero-order chi connectivity index (χ0) is 19.5. The van der Waals surface area contributed by atoms with Gasteiger partial charge in [-0.25, -0.2) is 0 Å². The molecule has 1 aromatic heterocycles. The Balaban J connectivity index is 2.13. The number of aliphatic hydroxyl groups is 1. The van der Waals surface area contributed by atoms with Gasteiger partial charge in [-0.15, -0.1) is 0 Å². The molecule has 0 spiro atoms. The lowest BCUT2D eigenvalue weighted by Crippen LogP contribution is -2.46. The summed E-state index contributed by atoms with van der Waals surface area (Å²) in [6.45, 7) is 2.98. The second-order valence-electron chi connectivity index (χ2n) is 6.82. The molecular formula is C17H23N5O4. The number of primary amides is 1. The lowest BCUT2D eigenvalue weighted by atomic mass is 9.89. The van der Waals surface area contributed by atoms with Gasteiger partial charge in [0.1, 0.15) is 11.8 Å². The highest BCUT2D eigenvalue weighted by molar-refractivity contribution is 6.45. The van der Waals surface area contributed by atoms with Crippen LogP contribution in [0.1, 0.15) is 25.8 Å². The SMILES string of the molecule is CC(=O)C(=N)c1ccncc1NCC(=O)N1C[C@@](C)(CO)CC1C(N)=O. The molecule has 0 bridgehead atoms. The second kappa shape index (κ2) is 7.61. The highest BCUT2D eigenvalue weighted by Crippen LogP contribution is 2.34. The minimum Gasteiger partial charge on any atom is -0.396 e. The molecule has 1 unspecified atom stereocenters. The number of carbonyl (C=O) groups excluding carboxylic acids is 3. The number of nitrogens with one attached hydrogen (secondary N) is 2. The van der Waals surface area contributed by atoms with Crippen LogP contribution in [-0.2, 0) is 14.4 Å². The van der Waals surface area contributed by atoms with Gasteiger partial charge in [-0.1, -0.05) is 6.92 Å². The number of amides is 2. The van der Waals surface area contributed by atoms with E-state index in [1.54, 1.807) is 6.92 Å². The number of aromatic nitrogens is 1. The number of nitrogens with two attached hydrogens (primary N) is 1. The first kappa shape index (κ1) is 19.5. The fourth-order valence-electron chi connectivity index (χ4n) is 3.01. The summed E-state index contributed by atoms with van der Waals surface area (Å²) < 4.78 is 0. The maximum atomic E-state index is 12.6. The van der Waals surface area contributed by atoms with Crippen molar-refractivity contribution < 1.29 is 19.5 Å². The average molecular weight is 361 g/mol. The summed E-state index contributed by atoms with van der Waals surface area (Å²) in [5.41, 5.74) is 5.35. The number of hydrogen-bond acceptors (Lipinski definition) is 7. The summed E-state index contributed by atoms with van der Waals surface area (Å²) in [5.74, 6) is -1.39. The van der Waals surface area contributed by atoms with Gasteiger partial charge < -0.3 is 21.1 Å². The van der Waals surface area contributed by atoms with Crippen LogP contribution in [0.5, 0.6) is 0 Å². The molecule has 0 aromatic carbocycles. The second-order valence-corrected chi connectivity index (χ2v) is 6.82. The van der Waals surface area contributed by atoms with Crippen LogP contribution >= 0.6 is 0 Å². The summed E-state index contributed by atoms with van der Waals surface area (Å²) in [5, 5.41) is 20.2. The molecule has 0 radical (unpaired) electrons. The maximum Gasteiger partial charge on any atom is 0.242 e. The molecule has 1 fully saturated rings. The Morgan fingerprint density at radius 3 is 2.77 bits per heavy atom. The number of Topliss-reactive ketones (excluding diaryl/α,β-unsaturated/α-hetero) is 1. The third-order valence-corrected chi connectivity index (χ3v) is 4.52. The summed E-state index contributed by atoms with van der Waals surface area (Å²) in [6.07, 6.45) is 3.18. The lowest BCUT2D eigenvalue weighted by molar-refractivity contribution is -0.136. The van der Waals surface area contributed by atoms with Gasteiger partial charge in [-0.3, -0.25) is 24.8 Å². The van der Waals surface area contributed by atoms with E-state index in [1.165, 1.54) is 30.3 Å². The van der Waals surface area contributed by atoms with Crippen molar-refractivity contribution in [3.8, 4) is 0 Å². The molecule has 1 aliphatic heterocycles. The maximum absolute atomic E-state index is 12.6. The van der Waals surface area contributed by atoms with Crippen LogP contribution in [0.2, 0.25) is 0 Å². The summed E-state index contributed by atoms with van der Waals surface area (Å²) in [4.78, 5) is 41.0. The predicted octanol–water partition coefficient (Wildman–Crippen LogP) is -0.465. The number of anilines is 1. The average Bonchev–Trinajstić information content (AvgIpc) is 2.98. The van der Waals surface area contributed by atoms with E-state index in [0.717, 1.165) is 0 Å². The fourth-order valence-corrected chi connectivity index (χ4v) is 3.01. The van der Waals surface area contributed by atoms with Crippen LogP contribution in [0.4, 0.5) is 5.69 Å². The normalized spacial score (nSPS) is 22.1. The Kier molecular flexibility index (Phi) is 5.71. The molecule has 1 saturated heterocycles. The van der Waals surface area contributed by atoms with Gasteiger partial charge in [0.15, 0.2) is 5.78 Å². The van der Waals surface area contributed by atoms with Crippen molar-refractivity contribution in [2.75, 3.05) is 25.0 Å². The van der Waals surface area contributed by atoms with E-state index in [0.29, 0.717) is 17.7 Å². The van der Waals surface area contributed by atoms with Gasteiger partial charge in [0.05, 0.1) is 25.0 Å². The topological polar surface area (TPSA) is 149 Å². The van der Waals surface area contributed by atoms with Crippen LogP contribution in [0.25, 0.3) is 0 Å². The van der Waals surface area contributed by atoms with Gasteiger partial charge in [0.25, 0.3) is 0 Å². The van der Waals surface area contributed by atoms with Crippen molar-refractivity contribution in [3.05, 3.63) is 24.0 Å². The zero-order valence-electron chi connectivity index (χ0n) is 14.8. The smallest absolute Gasteiger partial charge is 0.242 e. The van der Waals surface area contributed by atoms with Crippen molar-refractivity contribution in [3.63, 3.8) is 0 Å². The molecule has 2 amide bonds. The van der Waals surface area contributed by atoms with Crippen LogP contribution in [0.3, 0.4) is 0 Å². The van der Waals surface area contributed by atoms with Gasteiger partial charge in [0.2, 0.25) is 11.8 Å². The number of nitrogens with zero attached hydrogens (tertiary/aromatic N) is 2. The molecule has 26 heavy (non-hydrogen) atoms. The molecule has 0 saturated carbocycles. The third-order valence-electron chi connectivity index (χ3n) is 4.52. The van der Waals surface area contributed by atoms with E-state index >= 15 is 0 Å². The first-order valence-electron chi connectivity index (χ1n) is 8.16. The van der Waals surface area contributed by atoms with Crippen molar-refractivity contribution in [1.82, 2.24) is 9.88 Å². The number of carbonyl (C=O) groups is 3. The van der Waals surface area contributed by atoms with Crippen LogP contribution in [-0.4, -0.2) is 64.0 Å². The Morgan fingerprint density at radius 1 is 1.50 bits per heavy atom. The van der Waals surface area contributed by atoms with E-state index in [-0.39, 0.29) is 31.3 Å². The summed E-state index contributed by atoms with van der Waals surface area (Å²) in [7, 11) is 0.